The van der Waals surface area contributed by atoms with Crippen LogP contribution in [0.25, 0.3) is 0 Å². The van der Waals surface area contributed by atoms with E-state index in [0.29, 0.717) is 12.1 Å². The van der Waals surface area contributed by atoms with Crippen LogP contribution in [0.3, 0.4) is 0 Å². The van der Waals surface area contributed by atoms with Crippen LogP contribution >= 0.6 is 0 Å². The summed E-state index contributed by atoms with van der Waals surface area (Å²) in [6.45, 7) is 5.34. The Bertz CT molecular complexity index is 640. The Morgan fingerprint density at radius 1 is 1.19 bits per heavy atom. The van der Waals surface area contributed by atoms with Crippen LogP contribution in [-0.2, 0) is 6.54 Å². The van der Waals surface area contributed by atoms with E-state index in [9.17, 15) is 9.18 Å². The fourth-order valence-corrected chi connectivity index (χ4v) is 2.08. The SMILES string of the molecule is CCNCc1ccccc1NC(=O)c1cc(F)ccc1C. The first-order valence-electron chi connectivity index (χ1n) is 6.98. The Hall–Kier alpha value is -2.20. The van der Waals surface area contributed by atoms with Gasteiger partial charge >= 0.3 is 0 Å². The van der Waals surface area contributed by atoms with Crippen LogP contribution in [0.1, 0.15) is 28.4 Å². The molecular weight excluding hydrogens is 267 g/mol. The maximum atomic E-state index is 13.3. The van der Waals surface area contributed by atoms with E-state index in [2.05, 4.69) is 10.6 Å². The molecular formula is C17H19FN2O. The van der Waals surface area contributed by atoms with Crippen molar-refractivity contribution in [2.75, 3.05) is 11.9 Å². The Morgan fingerprint density at radius 3 is 2.71 bits per heavy atom. The van der Waals surface area contributed by atoms with Crippen LogP contribution in [0.5, 0.6) is 0 Å². The van der Waals surface area contributed by atoms with Crippen LogP contribution in [0.4, 0.5) is 10.1 Å². The highest BCUT2D eigenvalue weighted by Crippen LogP contribution is 2.18. The molecule has 2 aromatic carbocycles. The number of rotatable bonds is 5. The minimum absolute atomic E-state index is 0.295. The summed E-state index contributed by atoms with van der Waals surface area (Å²) in [7, 11) is 0. The van der Waals surface area contributed by atoms with Gasteiger partial charge in [0.1, 0.15) is 5.82 Å². The van der Waals surface area contributed by atoms with Gasteiger partial charge in [-0.3, -0.25) is 4.79 Å². The largest absolute Gasteiger partial charge is 0.322 e. The number of carbonyl (C=O) groups is 1. The van der Waals surface area contributed by atoms with E-state index in [1.165, 1.54) is 12.1 Å². The monoisotopic (exact) mass is 286 g/mol. The zero-order chi connectivity index (χ0) is 15.2. The lowest BCUT2D eigenvalue weighted by molar-refractivity contribution is 0.102. The third kappa shape index (κ3) is 3.89. The van der Waals surface area contributed by atoms with E-state index in [4.69, 9.17) is 0 Å². The lowest BCUT2D eigenvalue weighted by Gasteiger charge is -2.12. The summed E-state index contributed by atoms with van der Waals surface area (Å²) in [5.41, 5.74) is 2.85. The van der Waals surface area contributed by atoms with Crippen molar-refractivity contribution in [1.29, 1.82) is 0 Å². The first kappa shape index (κ1) is 15.2. The second-order valence-electron chi connectivity index (χ2n) is 4.85. The predicted molar refractivity (Wildman–Crippen MR) is 82.9 cm³/mol. The Balaban J connectivity index is 2.21. The number of nitrogens with one attached hydrogen (secondary N) is 2. The molecule has 0 atom stereocenters. The van der Waals surface area contributed by atoms with Gasteiger partial charge in [0.05, 0.1) is 0 Å². The summed E-state index contributed by atoms with van der Waals surface area (Å²) in [4.78, 5) is 12.3. The van der Waals surface area contributed by atoms with E-state index in [1.807, 2.05) is 31.2 Å². The molecule has 0 spiro atoms. The van der Waals surface area contributed by atoms with Crippen molar-refractivity contribution in [2.24, 2.45) is 0 Å². The molecule has 110 valence electrons. The molecule has 0 aliphatic heterocycles. The fourth-order valence-electron chi connectivity index (χ4n) is 2.08. The van der Waals surface area contributed by atoms with Crippen LogP contribution < -0.4 is 10.6 Å². The average Bonchev–Trinajstić information content (AvgIpc) is 2.48. The fraction of sp³-hybridized carbons (Fsp3) is 0.235. The van der Waals surface area contributed by atoms with Gasteiger partial charge in [-0.15, -0.1) is 0 Å². The highest BCUT2D eigenvalue weighted by atomic mass is 19.1. The first-order chi connectivity index (χ1) is 10.1. The van der Waals surface area contributed by atoms with Crippen molar-refractivity contribution >= 4 is 11.6 Å². The number of aryl methyl sites for hydroxylation is 1. The summed E-state index contributed by atoms with van der Waals surface area (Å²) >= 11 is 0. The van der Waals surface area contributed by atoms with E-state index in [-0.39, 0.29) is 5.91 Å². The Labute approximate surface area is 124 Å². The highest BCUT2D eigenvalue weighted by molar-refractivity contribution is 6.05. The zero-order valence-electron chi connectivity index (χ0n) is 12.2. The van der Waals surface area contributed by atoms with Gasteiger partial charge in [0.25, 0.3) is 5.91 Å². The van der Waals surface area contributed by atoms with Crippen LogP contribution in [0.2, 0.25) is 0 Å². The minimum Gasteiger partial charge on any atom is -0.322 e. The van der Waals surface area contributed by atoms with Gasteiger partial charge in [-0.2, -0.15) is 0 Å². The molecule has 2 N–H and O–H groups in total. The van der Waals surface area contributed by atoms with E-state index in [1.54, 1.807) is 13.0 Å². The number of hydrogen-bond acceptors (Lipinski definition) is 2. The van der Waals surface area contributed by atoms with Crippen LogP contribution in [0, 0.1) is 12.7 Å². The van der Waals surface area contributed by atoms with Crippen molar-refractivity contribution < 1.29 is 9.18 Å². The number of halogens is 1. The first-order valence-corrected chi connectivity index (χ1v) is 6.98. The molecule has 1 amide bonds. The molecule has 0 saturated carbocycles. The second-order valence-corrected chi connectivity index (χ2v) is 4.85. The lowest BCUT2D eigenvalue weighted by atomic mass is 10.1. The summed E-state index contributed by atoms with van der Waals surface area (Å²) in [6, 6.07) is 11.8. The maximum absolute atomic E-state index is 13.3. The molecule has 0 unspecified atom stereocenters. The molecule has 0 fully saturated rings. The zero-order valence-corrected chi connectivity index (χ0v) is 12.2. The van der Waals surface area contributed by atoms with Gasteiger partial charge in [0.2, 0.25) is 0 Å². The molecule has 21 heavy (non-hydrogen) atoms. The van der Waals surface area contributed by atoms with Crippen molar-refractivity contribution in [3.63, 3.8) is 0 Å². The molecule has 0 saturated heterocycles. The quantitative estimate of drug-likeness (QED) is 0.883. The lowest BCUT2D eigenvalue weighted by Crippen LogP contribution is -2.17. The van der Waals surface area contributed by atoms with Crippen molar-refractivity contribution in [1.82, 2.24) is 5.32 Å². The second kappa shape index (κ2) is 6.99. The summed E-state index contributed by atoms with van der Waals surface area (Å²) < 4.78 is 13.3. The molecule has 0 radical (unpaired) electrons. The van der Waals surface area contributed by atoms with E-state index in [0.717, 1.165) is 23.4 Å². The van der Waals surface area contributed by atoms with Crippen molar-refractivity contribution in [2.45, 2.75) is 20.4 Å². The topological polar surface area (TPSA) is 41.1 Å². The summed E-state index contributed by atoms with van der Waals surface area (Å²) in [6.07, 6.45) is 0. The molecule has 3 nitrogen and oxygen atoms in total. The highest BCUT2D eigenvalue weighted by Gasteiger charge is 2.12. The molecule has 0 heterocycles. The number of amides is 1. The number of para-hydroxylation sites is 1. The Kier molecular flexibility index (Phi) is 5.06. The van der Waals surface area contributed by atoms with Gasteiger partial charge in [0.15, 0.2) is 0 Å². The molecule has 0 aliphatic rings. The smallest absolute Gasteiger partial charge is 0.256 e. The van der Waals surface area contributed by atoms with Gasteiger partial charge < -0.3 is 10.6 Å². The average molecular weight is 286 g/mol. The summed E-state index contributed by atoms with van der Waals surface area (Å²) in [5.74, 6) is -0.706. The standard InChI is InChI=1S/C17H19FN2O/c1-3-19-11-13-6-4-5-7-16(13)20-17(21)15-10-14(18)9-8-12(15)2/h4-10,19H,3,11H2,1-2H3,(H,20,21). The third-order valence-electron chi connectivity index (χ3n) is 3.28. The Morgan fingerprint density at radius 2 is 1.95 bits per heavy atom. The number of anilines is 1. The van der Waals surface area contributed by atoms with Gasteiger partial charge in [-0.25, -0.2) is 4.39 Å². The molecule has 0 bridgehead atoms. The number of carbonyl (C=O) groups excluding carboxylic acids is 1. The third-order valence-corrected chi connectivity index (χ3v) is 3.28. The van der Waals surface area contributed by atoms with E-state index >= 15 is 0 Å². The normalized spacial score (nSPS) is 10.4. The van der Waals surface area contributed by atoms with E-state index < -0.39 is 5.82 Å². The molecule has 0 aromatic heterocycles. The maximum Gasteiger partial charge on any atom is 0.256 e. The van der Waals surface area contributed by atoms with Crippen LogP contribution in [0.15, 0.2) is 42.5 Å². The van der Waals surface area contributed by atoms with Gasteiger partial charge in [-0.05, 0) is 42.8 Å². The van der Waals surface area contributed by atoms with Crippen molar-refractivity contribution in [3.8, 4) is 0 Å². The molecule has 2 rings (SSSR count). The predicted octanol–water partition coefficient (Wildman–Crippen LogP) is 3.50. The number of hydrogen-bond donors (Lipinski definition) is 2. The van der Waals surface area contributed by atoms with Gasteiger partial charge in [0, 0.05) is 17.8 Å². The number of benzene rings is 2. The van der Waals surface area contributed by atoms with Crippen molar-refractivity contribution in [3.05, 3.63) is 65.0 Å². The molecule has 0 aliphatic carbocycles. The molecule has 4 heteroatoms. The minimum atomic E-state index is -0.410. The van der Waals surface area contributed by atoms with Crippen LogP contribution in [-0.4, -0.2) is 12.5 Å². The molecule has 2 aromatic rings. The summed E-state index contributed by atoms with van der Waals surface area (Å²) in [5, 5.41) is 6.09. The van der Waals surface area contributed by atoms with Gasteiger partial charge in [-0.1, -0.05) is 31.2 Å².